The van der Waals surface area contributed by atoms with Crippen molar-refractivity contribution in [2.45, 2.75) is 0 Å². The van der Waals surface area contributed by atoms with E-state index in [9.17, 15) is 0 Å². The molecule has 0 unspecified atom stereocenters. The summed E-state index contributed by atoms with van der Waals surface area (Å²) in [5.41, 5.74) is 9.61. The van der Waals surface area contributed by atoms with E-state index in [0.29, 0.717) is 17.3 Å². The van der Waals surface area contributed by atoms with E-state index in [4.69, 9.17) is 10.5 Å². The minimum absolute atomic E-state index is 0.531. The summed E-state index contributed by atoms with van der Waals surface area (Å²) in [7, 11) is 3.76. The second-order valence-electron chi connectivity index (χ2n) is 4.87. The minimum atomic E-state index is 0.531. The van der Waals surface area contributed by atoms with Crippen molar-refractivity contribution in [3.8, 4) is 0 Å². The fourth-order valence-corrected chi connectivity index (χ4v) is 1.99. The SMILES string of the molecule is CN(C)Nc1ncnc(NCCN2CCOCC2)c1N. The van der Waals surface area contributed by atoms with Gasteiger partial charge in [-0.2, -0.15) is 0 Å². The predicted molar refractivity (Wildman–Crippen MR) is 79.5 cm³/mol. The number of hydrogen-bond acceptors (Lipinski definition) is 8. The molecule has 0 aromatic carbocycles. The van der Waals surface area contributed by atoms with E-state index in [0.717, 1.165) is 39.4 Å². The third-order valence-electron chi connectivity index (χ3n) is 3.04. The van der Waals surface area contributed by atoms with Gasteiger partial charge in [-0.25, -0.2) is 15.0 Å². The Morgan fingerprint density at radius 1 is 1.30 bits per heavy atom. The third-order valence-corrected chi connectivity index (χ3v) is 3.04. The van der Waals surface area contributed by atoms with Crippen LogP contribution in [-0.4, -0.2) is 73.4 Å². The second kappa shape index (κ2) is 7.22. The summed E-state index contributed by atoms with van der Waals surface area (Å²) in [6, 6.07) is 0. The number of hydrazine groups is 1. The molecule has 1 aliphatic rings. The number of ether oxygens (including phenoxy) is 1. The molecule has 0 saturated carbocycles. The van der Waals surface area contributed by atoms with Crippen LogP contribution in [0.4, 0.5) is 17.3 Å². The van der Waals surface area contributed by atoms with Crippen LogP contribution >= 0.6 is 0 Å². The molecule has 1 fully saturated rings. The van der Waals surface area contributed by atoms with Gasteiger partial charge in [0.25, 0.3) is 0 Å². The van der Waals surface area contributed by atoms with Gasteiger partial charge in [-0.1, -0.05) is 0 Å². The molecule has 0 aliphatic carbocycles. The number of morpholine rings is 1. The van der Waals surface area contributed by atoms with Crippen molar-refractivity contribution < 1.29 is 4.74 Å². The standard InChI is InChI=1S/C12H23N7O/c1-18(2)17-12-10(13)11(15-9-16-12)14-3-4-19-5-7-20-8-6-19/h9H,3-8,13H2,1-2H3,(H2,14,15,16,17). The van der Waals surface area contributed by atoms with Gasteiger partial charge in [-0.05, 0) is 0 Å². The van der Waals surface area contributed by atoms with Crippen LogP contribution in [0.5, 0.6) is 0 Å². The number of nitrogen functional groups attached to an aromatic ring is 1. The molecule has 8 heteroatoms. The van der Waals surface area contributed by atoms with E-state index in [-0.39, 0.29) is 0 Å². The summed E-state index contributed by atoms with van der Waals surface area (Å²) in [6.45, 7) is 5.33. The van der Waals surface area contributed by atoms with Gasteiger partial charge in [-0.3, -0.25) is 4.90 Å². The van der Waals surface area contributed by atoms with Gasteiger partial charge in [-0.15, -0.1) is 0 Å². The lowest BCUT2D eigenvalue weighted by Crippen LogP contribution is -2.39. The van der Waals surface area contributed by atoms with Crippen molar-refractivity contribution in [3.05, 3.63) is 6.33 Å². The van der Waals surface area contributed by atoms with Gasteiger partial charge in [0.05, 0.1) is 13.2 Å². The molecule has 0 bridgehead atoms. The van der Waals surface area contributed by atoms with Crippen LogP contribution in [0.3, 0.4) is 0 Å². The largest absolute Gasteiger partial charge is 0.393 e. The van der Waals surface area contributed by atoms with E-state index in [1.165, 1.54) is 6.33 Å². The molecule has 2 rings (SSSR count). The van der Waals surface area contributed by atoms with E-state index >= 15 is 0 Å². The average molecular weight is 281 g/mol. The molecule has 1 aromatic heterocycles. The Hall–Kier alpha value is -1.64. The van der Waals surface area contributed by atoms with Gasteiger partial charge >= 0.3 is 0 Å². The lowest BCUT2D eigenvalue weighted by molar-refractivity contribution is 0.0398. The molecule has 112 valence electrons. The van der Waals surface area contributed by atoms with Crippen LogP contribution in [0.15, 0.2) is 6.33 Å². The first-order valence-corrected chi connectivity index (χ1v) is 6.75. The molecule has 20 heavy (non-hydrogen) atoms. The highest BCUT2D eigenvalue weighted by Crippen LogP contribution is 2.22. The van der Waals surface area contributed by atoms with Crippen molar-refractivity contribution in [2.24, 2.45) is 0 Å². The normalized spacial score (nSPS) is 16.4. The monoisotopic (exact) mass is 281 g/mol. The molecule has 2 heterocycles. The zero-order valence-electron chi connectivity index (χ0n) is 12.1. The molecular weight excluding hydrogens is 258 g/mol. The second-order valence-corrected chi connectivity index (χ2v) is 4.87. The molecule has 1 aromatic rings. The summed E-state index contributed by atoms with van der Waals surface area (Å²) in [5, 5.41) is 5.04. The summed E-state index contributed by atoms with van der Waals surface area (Å²) >= 11 is 0. The topological polar surface area (TPSA) is 91.6 Å². The van der Waals surface area contributed by atoms with Gasteiger partial charge in [0.15, 0.2) is 11.6 Å². The lowest BCUT2D eigenvalue weighted by Gasteiger charge is -2.26. The highest BCUT2D eigenvalue weighted by Gasteiger charge is 2.11. The first-order valence-electron chi connectivity index (χ1n) is 6.75. The number of nitrogens with two attached hydrogens (primary N) is 1. The van der Waals surface area contributed by atoms with Crippen molar-refractivity contribution in [1.29, 1.82) is 0 Å². The van der Waals surface area contributed by atoms with E-state index in [1.54, 1.807) is 5.01 Å². The van der Waals surface area contributed by atoms with Gasteiger partial charge < -0.3 is 21.2 Å². The van der Waals surface area contributed by atoms with Crippen molar-refractivity contribution in [1.82, 2.24) is 19.9 Å². The Labute approximate surface area is 119 Å². The fraction of sp³-hybridized carbons (Fsp3) is 0.667. The average Bonchev–Trinajstić information content (AvgIpc) is 2.43. The highest BCUT2D eigenvalue weighted by molar-refractivity contribution is 5.73. The number of nitrogens with zero attached hydrogens (tertiary/aromatic N) is 4. The van der Waals surface area contributed by atoms with Crippen molar-refractivity contribution in [3.63, 3.8) is 0 Å². The number of aromatic nitrogens is 2. The first kappa shape index (κ1) is 14.8. The summed E-state index contributed by atoms with van der Waals surface area (Å²) < 4.78 is 5.32. The Bertz CT molecular complexity index is 420. The molecular formula is C12H23N7O. The maximum absolute atomic E-state index is 6.04. The molecule has 0 spiro atoms. The van der Waals surface area contributed by atoms with Crippen molar-refractivity contribution in [2.75, 3.05) is 70.0 Å². The van der Waals surface area contributed by atoms with Gasteiger partial charge in [0.2, 0.25) is 0 Å². The smallest absolute Gasteiger partial charge is 0.169 e. The van der Waals surface area contributed by atoms with Crippen LogP contribution in [0, 0.1) is 0 Å². The Morgan fingerprint density at radius 2 is 2.00 bits per heavy atom. The first-order chi connectivity index (χ1) is 9.66. The highest BCUT2D eigenvalue weighted by atomic mass is 16.5. The summed E-state index contributed by atoms with van der Waals surface area (Å²) in [6.07, 6.45) is 1.50. The Balaban J connectivity index is 1.85. The van der Waals surface area contributed by atoms with Gasteiger partial charge in [0.1, 0.15) is 12.0 Å². The molecule has 0 amide bonds. The summed E-state index contributed by atoms with van der Waals surface area (Å²) in [4.78, 5) is 10.7. The number of rotatable bonds is 6. The lowest BCUT2D eigenvalue weighted by atomic mass is 10.4. The molecule has 0 atom stereocenters. The molecule has 8 nitrogen and oxygen atoms in total. The summed E-state index contributed by atoms with van der Waals surface area (Å²) in [5.74, 6) is 1.27. The fourth-order valence-electron chi connectivity index (χ4n) is 1.99. The number of nitrogens with one attached hydrogen (secondary N) is 2. The van der Waals surface area contributed by atoms with E-state index in [1.807, 2.05) is 14.1 Å². The maximum Gasteiger partial charge on any atom is 0.169 e. The zero-order chi connectivity index (χ0) is 14.4. The molecule has 0 radical (unpaired) electrons. The molecule has 4 N–H and O–H groups in total. The maximum atomic E-state index is 6.04. The van der Waals surface area contributed by atoms with Crippen LogP contribution in [0.25, 0.3) is 0 Å². The van der Waals surface area contributed by atoms with E-state index in [2.05, 4.69) is 25.6 Å². The quantitative estimate of drug-likeness (QED) is 0.612. The number of hydrogen-bond donors (Lipinski definition) is 3. The Kier molecular flexibility index (Phi) is 5.33. The zero-order valence-corrected chi connectivity index (χ0v) is 12.1. The molecule has 1 aliphatic heterocycles. The number of anilines is 3. The minimum Gasteiger partial charge on any atom is -0.393 e. The van der Waals surface area contributed by atoms with Crippen LogP contribution in [0.2, 0.25) is 0 Å². The Morgan fingerprint density at radius 3 is 2.70 bits per heavy atom. The van der Waals surface area contributed by atoms with Crippen LogP contribution in [-0.2, 0) is 4.74 Å². The molecule has 1 saturated heterocycles. The van der Waals surface area contributed by atoms with Crippen molar-refractivity contribution >= 4 is 17.3 Å². The van der Waals surface area contributed by atoms with Crippen LogP contribution in [0.1, 0.15) is 0 Å². The van der Waals surface area contributed by atoms with Crippen LogP contribution < -0.4 is 16.5 Å². The van der Waals surface area contributed by atoms with E-state index < -0.39 is 0 Å². The van der Waals surface area contributed by atoms with Gasteiger partial charge in [0, 0.05) is 40.3 Å². The third kappa shape index (κ3) is 4.19. The predicted octanol–water partition coefficient (Wildman–Crippen LogP) is -0.309.